The number of anilines is 1. The van der Waals surface area contributed by atoms with Crippen LogP contribution in [-0.2, 0) is 16.0 Å². The van der Waals surface area contributed by atoms with Gasteiger partial charge in [-0.25, -0.2) is 9.78 Å². The highest BCUT2D eigenvalue weighted by Crippen LogP contribution is 2.14. The van der Waals surface area contributed by atoms with Gasteiger partial charge in [-0.2, -0.15) is 0 Å². The molecule has 18 heavy (non-hydrogen) atoms. The molecule has 1 aromatic rings. The summed E-state index contributed by atoms with van der Waals surface area (Å²) in [6, 6.07) is 2.86. The van der Waals surface area contributed by atoms with E-state index >= 15 is 0 Å². The van der Waals surface area contributed by atoms with Gasteiger partial charge < -0.3 is 15.6 Å². The fraction of sp³-hybridized carbons (Fsp3) is 0.417. The van der Waals surface area contributed by atoms with E-state index in [1.54, 1.807) is 20.8 Å². The number of rotatable bonds is 3. The molecule has 0 unspecified atom stereocenters. The van der Waals surface area contributed by atoms with Gasteiger partial charge in [-0.15, -0.1) is 0 Å². The molecule has 0 aromatic carbocycles. The van der Waals surface area contributed by atoms with Crippen molar-refractivity contribution in [3.63, 3.8) is 0 Å². The van der Waals surface area contributed by atoms with Crippen molar-refractivity contribution >= 4 is 17.6 Å². The van der Waals surface area contributed by atoms with Crippen LogP contribution in [0.15, 0.2) is 12.1 Å². The first-order chi connectivity index (χ1) is 8.19. The van der Waals surface area contributed by atoms with Crippen molar-refractivity contribution in [1.29, 1.82) is 0 Å². The maximum Gasteiger partial charge on any atom is 0.357 e. The Labute approximate surface area is 105 Å². The number of esters is 1. The van der Waals surface area contributed by atoms with Crippen molar-refractivity contribution in [2.75, 3.05) is 5.73 Å². The lowest BCUT2D eigenvalue weighted by molar-refractivity contribution is -0.136. The van der Waals surface area contributed by atoms with E-state index in [1.807, 2.05) is 0 Å². The Morgan fingerprint density at radius 2 is 2.00 bits per heavy atom. The standard InChI is InChI=1S/C12H16N2O4/c1-12(2,3)18-11(17)8-5-4-7(13)9(14-8)6-10(15)16/h4-5H,6,13H2,1-3H3,(H,15,16). The SMILES string of the molecule is CC(C)(C)OC(=O)c1ccc(N)c(CC(=O)O)n1. The molecule has 1 rings (SSSR count). The van der Waals surface area contributed by atoms with E-state index in [4.69, 9.17) is 15.6 Å². The summed E-state index contributed by atoms with van der Waals surface area (Å²) in [5, 5.41) is 8.70. The summed E-state index contributed by atoms with van der Waals surface area (Å²) < 4.78 is 5.13. The van der Waals surface area contributed by atoms with E-state index < -0.39 is 17.5 Å². The number of carbonyl (C=O) groups is 2. The van der Waals surface area contributed by atoms with Gasteiger partial charge in [-0.3, -0.25) is 4.79 Å². The second-order valence-electron chi connectivity index (χ2n) is 4.80. The third-order valence-corrected chi connectivity index (χ3v) is 1.94. The predicted octanol–water partition coefficient (Wildman–Crippen LogP) is 1.25. The molecule has 0 aliphatic rings. The van der Waals surface area contributed by atoms with Crippen LogP contribution in [0.3, 0.4) is 0 Å². The van der Waals surface area contributed by atoms with Crippen molar-refractivity contribution < 1.29 is 19.4 Å². The fourth-order valence-electron chi connectivity index (χ4n) is 1.24. The number of carbonyl (C=O) groups excluding carboxylic acids is 1. The zero-order chi connectivity index (χ0) is 13.9. The maximum atomic E-state index is 11.7. The topological polar surface area (TPSA) is 103 Å². The van der Waals surface area contributed by atoms with Crippen LogP contribution in [0.5, 0.6) is 0 Å². The van der Waals surface area contributed by atoms with Gasteiger partial charge >= 0.3 is 11.9 Å². The summed E-state index contributed by atoms with van der Waals surface area (Å²) in [7, 11) is 0. The Bertz CT molecular complexity index is 477. The van der Waals surface area contributed by atoms with Crippen LogP contribution in [0.1, 0.15) is 37.0 Å². The van der Waals surface area contributed by atoms with Gasteiger partial charge in [-0.05, 0) is 32.9 Å². The lowest BCUT2D eigenvalue weighted by Crippen LogP contribution is -2.25. The molecule has 0 spiro atoms. The van der Waals surface area contributed by atoms with Crippen LogP contribution in [0.25, 0.3) is 0 Å². The number of hydrogen-bond acceptors (Lipinski definition) is 5. The average molecular weight is 252 g/mol. The third-order valence-electron chi connectivity index (χ3n) is 1.94. The number of aliphatic carboxylic acids is 1. The number of pyridine rings is 1. The molecule has 0 bridgehead atoms. The number of carboxylic acids is 1. The molecule has 0 saturated heterocycles. The summed E-state index contributed by atoms with van der Waals surface area (Å²) in [4.78, 5) is 26.3. The van der Waals surface area contributed by atoms with E-state index in [1.165, 1.54) is 12.1 Å². The molecular formula is C12H16N2O4. The normalized spacial score (nSPS) is 11.1. The maximum absolute atomic E-state index is 11.7. The van der Waals surface area contributed by atoms with E-state index in [0.717, 1.165) is 0 Å². The number of nitrogens with zero attached hydrogens (tertiary/aromatic N) is 1. The highest BCUT2D eigenvalue weighted by Gasteiger charge is 2.20. The largest absolute Gasteiger partial charge is 0.481 e. The van der Waals surface area contributed by atoms with Crippen LogP contribution in [0, 0.1) is 0 Å². The first kappa shape index (κ1) is 14.0. The van der Waals surface area contributed by atoms with E-state index in [2.05, 4.69) is 4.98 Å². The van der Waals surface area contributed by atoms with E-state index in [-0.39, 0.29) is 23.5 Å². The van der Waals surface area contributed by atoms with Crippen LogP contribution in [0.2, 0.25) is 0 Å². The quantitative estimate of drug-likeness (QED) is 0.785. The van der Waals surface area contributed by atoms with Crippen LogP contribution in [0.4, 0.5) is 5.69 Å². The molecule has 98 valence electrons. The predicted molar refractivity (Wildman–Crippen MR) is 65.2 cm³/mol. The monoisotopic (exact) mass is 252 g/mol. The van der Waals surface area contributed by atoms with Gasteiger partial charge in [0.1, 0.15) is 11.3 Å². The van der Waals surface area contributed by atoms with Crippen molar-refractivity contribution in [3.8, 4) is 0 Å². The van der Waals surface area contributed by atoms with Crippen LogP contribution < -0.4 is 5.73 Å². The number of ether oxygens (including phenoxy) is 1. The number of nitrogens with two attached hydrogens (primary N) is 1. The zero-order valence-corrected chi connectivity index (χ0v) is 10.6. The van der Waals surface area contributed by atoms with Crippen molar-refractivity contribution in [2.24, 2.45) is 0 Å². The van der Waals surface area contributed by atoms with Crippen molar-refractivity contribution in [2.45, 2.75) is 32.8 Å². The minimum atomic E-state index is -1.06. The minimum absolute atomic E-state index is 0.0513. The molecule has 0 saturated carbocycles. The van der Waals surface area contributed by atoms with Gasteiger partial charge in [0.2, 0.25) is 0 Å². The number of nitrogen functional groups attached to an aromatic ring is 1. The Hall–Kier alpha value is -2.11. The van der Waals surface area contributed by atoms with Gasteiger partial charge in [0.15, 0.2) is 0 Å². The van der Waals surface area contributed by atoms with E-state index in [0.29, 0.717) is 0 Å². The summed E-state index contributed by atoms with van der Waals surface area (Å²) >= 11 is 0. The molecular weight excluding hydrogens is 236 g/mol. The number of carboxylic acid groups (broad SMARTS) is 1. The third kappa shape index (κ3) is 4.04. The van der Waals surface area contributed by atoms with Crippen LogP contribution in [-0.4, -0.2) is 27.6 Å². The second kappa shape index (κ2) is 5.03. The Morgan fingerprint density at radius 1 is 1.39 bits per heavy atom. The van der Waals surface area contributed by atoms with Gasteiger partial charge in [-0.1, -0.05) is 0 Å². The molecule has 1 heterocycles. The highest BCUT2D eigenvalue weighted by atomic mass is 16.6. The van der Waals surface area contributed by atoms with Crippen LogP contribution >= 0.6 is 0 Å². The summed E-state index contributed by atoms with van der Waals surface area (Å²) in [6.07, 6.45) is -0.331. The zero-order valence-electron chi connectivity index (χ0n) is 10.6. The molecule has 6 heteroatoms. The first-order valence-corrected chi connectivity index (χ1v) is 5.39. The Kier molecular flexibility index (Phi) is 3.90. The summed E-state index contributed by atoms with van der Waals surface area (Å²) in [5.41, 5.74) is 5.41. The molecule has 1 aromatic heterocycles. The highest BCUT2D eigenvalue weighted by molar-refractivity contribution is 5.88. The summed E-state index contributed by atoms with van der Waals surface area (Å²) in [6.45, 7) is 5.21. The molecule has 0 amide bonds. The lowest BCUT2D eigenvalue weighted by atomic mass is 10.2. The lowest BCUT2D eigenvalue weighted by Gasteiger charge is -2.19. The fourth-order valence-corrected chi connectivity index (χ4v) is 1.24. The Morgan fingerprint density at radius 3 is 2.50 bits per heavy atom. The molecule has 0 aliphatic carbocycles. The molecule has 0 fully saturated rings. The molecule has 0 aliphatic heterocycles. The van der Waals surface area contributed by atoms with Gasteiger partial charge in [0.05, 0.1) is 17.8 Å². The van der Waals surface area contributed by atoms with Gasteiger partial charge in [0, 0.05) is 0 Å². The molecule has 0 radical (unpaired) electrons. The van der Waals surface area contributed by atoms with E-state index in [9.17, 15) is 9.59 Å². The summed E-state index contributed by atoms with van der Waals surface area (Å²) in [5.74, 6) is -1.66. The first-order valence-electron chi connectivity index (χ1n) is 5.39. The average Bonchev–Trinajstić information content (AvgIpc) is 2.17. The Balaban J connectivity index is 2.97. The second-order valence-corrected chi connectivity index (χ2v) is 4.80. The molecule has 3 N–H and O–H groups in total. The van der Waals surface area contributed by atoms with Crippen molar-refractivity contribution in [1.82, 2.24) is 4.98 Å². The van der Waals surface area contributed by atoms with Gasteiger partial charge in [0.25, 0.3) is 0 Å². The van der Waals surface area contributed by atoms with Crippen molar-refractivity contribution in [3.05, 3.63) is 23.5 Å². The molecule has 6 nitrogen and oxygen atoms in total. The molecule has 0 atom stereocenters. The smallest absolute Gasteiger partial charge is 0.357 e. The number of aromatic nitrogens is 1. The minimum Gasteiger partial charge on any atom is -0.481 e. The number of hydrogen-bond donors (Lipinski definition) is 2.